The number of aromatic nitrogens is 2. The van der Waals surface area contributed by atoms with Crippen LogP contribution in [-0.2, 0) is 16.9 Å². The number of benzene rings is 2. The molecule has 1 aromatic heterocycles. The van der Waals surface area contributed by atoms with Crippen molar-refractivity contribution in [1.82, 2.24) is 10.1 Å². The zero-order chi connectivity index (χ0) is 30.1. The number of rotatable bonds is 12. The summed E-state index contributed by atoms with van der Waals surface area (Å²) in [6.07, 6.45) is -1.75. The molecule has 0 atom stereocenters. The van der Waals surface area contributed by atoms with Gasteiger partial charge in [-0.3, -0.25) is 4.79 Å². The van der Waals surface area contributed by atoms with E-state index in [-0.39, 0.29) is 36.9 Å². The predicted octanol–water partition coefficient (Wildman–Crippen LogP) is 7.96. The molecule has 2 saturated carbocycles. The minimum atomic E-state index is -4.33. The fourth-order valence-electron chi connectivity index (χ4n) is 5.15. The zero-order valence-corrected chi connectivity index (χ0v) is 23.6. The van der Waals surface area contributed by atoms with Crippen LogP contribution < -0.4 is 9.64 Å². The lowest BCUT2D eigenvalue weighted by Gasteiger charge is -2.38. The van der Waals surface area contributed by atoms with E-state index in [4.69, 9.17) is 9.26 Å². The largest absolute Gasteiger partial charge is 0.491 e. The van der Waals surface area contributed by atoms with Crippen molar-refractivity contribution >= 4 is 11.6 Å². The number of hydrogen-bond acceptors (Lipinski definition) is 5. The van der Waals surface area contributed by atoms with E-state index in [1.165, 1.54) is 17.0 Å². The summed E-state index contributed by atoms with van der Waals surface area (Å²) in [7, 11) is 0. The van der Waals surface area contributed by atoms with E-state index in [1.54, 1.807) is 30.3 Å². The summed E-state index contributed by atoms with van der Waals surface area (Å²) >= 11 is 0. The minimum absolute atomic E-state index is 0.0149. The minimum Gasteiger partial charge on any atom is -0.491 e. The first-order valence-corrected chi connectivity index (χ1v) is 14.4. The van der Waals surface area contributed by atoms with Crippen molar-refractivity contribution in [3.05, 3.63) is 60.0 Å². The van der Waals surface area contributed by atoms with Gasteiger partial charge in [-0.2, -0.15) is 18.2 Å². The molecule has 6 nitrogen and oxygen atoms in total. The summed E-state index contributed by atoms with van der Waals surface area (Å²) in [4.78, 5) is 19.1. The third kappa shape index (κ3) is 6.93. The molecular weight excluding hydrogens is 557 g/mol. The van der Waals surface area contributed by atoms with Gasteiger partial charge in [-0.05, 0) is 88.3 Å². The predicted molar refractivity (Wildman–Crippen MR) is 146 cm³/mol. The highest BCUT2D eigenvalue weighted by molar-refractivity contribution is 5.96. The van der Waals surface area contributed by atoms with E-state index in [0.29, 0.717) is 61.3 Å². The van der Waals surface area contributed by atoms with Crippen molar-refractivity contribution in [3.8, 4) is 16.9 Å². The third-order valence-corrected chi connectivity index (χ3v) is 7.84. The second-order valence-corrected chi connectivity index (χ2v) is 11.5. The number of unbranched alkanes of at least 4 members (excludes halogenated alkanes) is 2. The second-order valence-electron chi connectivity index (χ2n) is 11.5. The second kappa shape index (κ2) is 12.0. The summed E-state index contributed by atoms with van der Waals surface area (Å²) in [6, 6.07) is 11.2. The van der Waals surface area contributed by atoms with Crippen molar-refractivity contribution in [3.63, 3.8) is 0 Å². The molecule has 2 aliphatic carbocycles. The summed E-state index contributed by atoms with van der Waals surface area (Å²) in [6.45, 7) is 4.06. The van der Waals surface area contributed by atoms with Crippen LogP contribution in [0.1, 0.15) is 70.5 Å². The van der Waals surface area contributed by atoms with Crippen LogP contribution >= 0.6 is 0 Å². The molecule has 1 heterocycles. The van der Waals surface area contributed by atoms with Gasteiger partial charge in [0.25, 0.3) is 5.89 Å². The maximum Gasteiger partial charge on any atom is 0.391 e. The number of carbonyl (C=O) groups is 1. The van der Waals surface area contributed by atoms with Crippen LogP contribution in [0.25, 0.3) is 11.1 Å². The van der Waals surface area contributed by atoms with Crippen LogP contribution in [0, 0.1) is 17.7 Å². The topological polar surface area (TPSA) is 68.5 Å². The molecule has 11 heteroatoms. The van der Waals surface area contributed by atoms with Crippen molar-refractivity contribution in [1.29, 1.82) is 0 Å². The van der Waals surface area contributed by atoms with Gasteiger partial charge >= 0.3 is 6.18 Å². The van der Waals surface area contributed by atoms with Gasteiger partial charge < -0.3 is 14.2 Å². The standard InChI is InChI=1S/C31H34F5N3O3/c1-19(2)41-24-10-7-20(8-11-24)25-18-23(9-12-26(25)32)39(28(40)21-16-22(17-21)31(34,35)36)15-5-3-4-6-27-37-29(42-38-27)30(33)13-14-30/h7-12,18-19,21-22H,3-6,13-17H2,1-2H3. The molecule has 226 valence electrons. The lowest BCUT2D eigenvalue weighted by atomic mass is 9.73. The lowest BCUT2D eigenvalue weighted by molar-refractivity contribution is -0.204. The van der Waals surface area contributed by atoms with E-state index in [0.717, 1.165) is 0 Å². The smallest absolute Gasteiger partial charge is 0.391 e. The van der Waals surface area contributed by atoms with Crippen LogP contribution in [0.4, 0.5) is 27.6 Å². The Balaban J connectivity index is 1.27. The van der Waals surface area contributed by atoms with Gasteiger partial charge in [0.1, 0.15) is 11.6 Å². The number of aryl methyl sites for hydroxylation is 1. The summed E-state index contributed by atoms with van der Waals surface area (Å²) in [5, 5.41) is 3.84. The third-order valence-electron chi connectivity index (χ3n) is 7.84. The Morgan fingerprint density at radius 3 is 2.45 bits per heavy atom. The summed E-state index contributed by atoms with van der Waals surface area (Å²) in [5.41, 5.74) is -0.206. The van der Waals surface area contributed by atoms with Crippen molar-refractivity contribution < 1.29 is 36.0 Å². The Morgan fingerprint density at radius 2 is 1.81 bits per heavy atom. The van der Waals surface area contributed by atoms with Gasteiger partial charge in [0.05, 0.1) is 12.0 Å². The number of hydrogen-bond donors (Lipinski definition) is 0. The molecular formula is C31H34F5N3O3. The van der Waals surface area contributed by atoms with E-state index >= 15 is 0 Å². The first kappa shape index (κ1) is 30.0. The Hall–Kier alpha value is -3.50. The van der Waals surface area contributed by atoms with Gasteiger partial charge in [-0.15, -0.1) is 0 Å². The SMILES string of the molecule is CC(C)Oc1ccc(-c2cc(N(CCCCCc3noc(C4(F)CC4)n3)C(=O)C3CC(C(F)(F)F)C3)ccc2F)cc1. The molecule has 2 fully saturated rings. The number of amides is 1. The zero-order valence-electron chi connectivity index (χ0n) is 23.6. The van der Waals surface area contributed by atoms with Crippen LogP contribution in [0.2, 0.25) is 0 Å². The molecule has 0 saturated heterocycles. The Labute approximate surface area is 241 Å². The number of ether oxygens (including phenoxy) is 1. The van der Waals surface area contributed by atoms with E-state index in [9.17, 15) is 26.7 Å². The van der Waals surface area contributed by atoms with Crippen molar-refractivity contribution in [2.45, 2.75) is 83.2 Å². The van der Waals surface area contributed by atoms with Gasteiger partial charge in [0.15, 0.2) is 11.5 Å². The van der Waals surface area contributed by atoms with Gasteiger partial charge in [-0.25, -0.2) is 8.78 Å². The van der Waals surface area contributed by atoms with Crippen LogP contribution in [-0.4, -0.2) is 34.9 Å². The molecule has 0 N–H and O–H groups in total. The first-order chi connectivity index (χ1) is 19.9. The average molecular weight is 592 g/mol. The van der Waals surface area contributed by atoms with Crippen molar-refractivity contribution in [2.24, 2.45) is 11.8 Å². The van der Waals surface area contributed by atoms with E-state index in [2.05, 4.69) is 10.1 Å². The number of nitrogens with zero attached hydrogens (tertiary/aromatic N) is 3. The van der Waals surface area contributed by atoms with Crippen LogP contribution in [0.3, 0.4) is 0 Å². The normalized spacial score (nSPS) is 19.4. The molecule has 0 radical (unpaired) electrons. The highest BCUT2D eigenvalue weighted by atomic mass is 19.4. The van der Waals surface area contributed by atoms with Crippen molar-refractivity contribution in [2.75, 3.05) is 11.4 Å². The quantitative estimate of drug-likeness (QED) is 0.158. The van der Waals surface area contributed by atoms with Crippen LogP contribution in [0.15, 0.2) is 47.0 Å². The first-order valence-electron chi connectivity index (χ1n) is 14.4. The average Bonchev–Trinajstić information content (AvgIpc) is 3.46. The molecule has 0 spiro atoms. The Morgan fingerprint density at radius 1 is 1.10 bits per heavy atom. The highest BCUT2D eigenvalue weighted by Gasteiger charge is 2.51. The number of anilines is 1. The molecule has 0 unspecified atom stereocenters. The summed E-state index contributed by atoms with van der Waals surface area (Å²) in [5.74, 6) is -2.03. The molecule has 0 bridgehead atoms. The highest BCUT2D eigenvalue weighted by Crippen LogP contribution is 2.49. The van der Waals surface area contributed by atoms with Gasteiger partial charge in [0, 0.05) is 30.1 Å². The maximum absolute atomic E-state index is 14.9. The Bertz CT molecular complexity index is 1380. The van der Waals surface area contributed by atoms with Gasteiger partial charge in [-0.1, -0.05) is 23.7 Å². The molecule has 3 aromatic rings. The Kier molecular flexibility index (Phi) is 8.57. The summed E-state index contributed by atoms with van der Waals surface area (Å²) < 4.78 is 79.1. The number of carbonyl (C=O) groups excluding carboxylic acids is 1. The van der Waals surface area contributed by atoms with E-state index in [1.807, 2.05) is 13.8 Å². The molecule has 0 aliphatic heterocycles. The molecule has 2 aromatic carbocycles. The molecule has 1 amide bonds. The molecule has 42 heavy (non-hydrogen) atoms. The maximum atomic E-state index is 14.9. The lowest BCUT2D eigenvalue weighted by Crippen LogP contribution is -2.46. The monoisotopic (exact) mass is 591 g/mol. The molecule has 2 aliphatic rings. The fraction of sp³-hybridized carbons (Fsp3) is 0.516. The van der Waals surface area contributed by atoms with Gasteiger partial charge in [0.2, 0.25) is 5.91 Å². The fourth-order valence-corrected chi connectivity index (χ4v) is 5.15. The molecule has 5 rings (SSSR count). The van der Waals surface area contributed by atoms with E-state index < -0.39 is 35.4 Å². The van der Waals surface area contributed by atoms with Crippen LogP contribution in [0.5, 0.6) is 5.75 Å². The number of halogens is 5. The number of alkyl halides is 4.